The van der Waals surface area contributed by atoms with Crippen molar-refractivity contribution < 1.29 is 9.53 Å². The summed E-state index contributed by atoms with van der Waals surface area (Å²) in [6.45, 7) is 1.93. The molecule has 2 aromatic heterocycles. The topological polar surface area (TPSA) is 79.9 Å². The summed E-state index contributed by atoms with van der Waals surface area (Å²) in [6, 6.07) is 15.5. The lowest BCUT2D eigenvalue weighted by molar-refractivity contribution is 0.102. The minimum absolute atomic E-state index is 0.0781. The van der Waals surface area contributed by atoms with Crippen molar-refractivity contribution in [3.63, 3.8) is 0 Å². The zero-order valence-electron chi connectivity index (χ0n) is 15.4. The molecule has 2 aromatic carbocycles. The predicted octanol–water partition coefficient (Wildman–Crippen LogP) is 5.06. The van der Waals surface area contributed by atoms with Crippen LogP contribution in [0.15, 0.2) is 52.9 Å². The Kier molecular flexibility index (Phi) is 5.31. The molecule has 4 rings (SSSR count). The smallest absolute Gasteiger partial charge is 0.210 e. The maximum atomic E-state index is 12.8. The minimum atomic E-state index is 0.0781. The highest BCUT2D eigenvalue weighted by molar-refractivity contribution is 8.01. The highest BCUT2D eigenvalue weighted by Gasteiger charge is 2.17. The molecular formula is C20H18N4O2S2. The second-order valence-corrected chi connectivity index (χ2v) is 8.28. The molecule has 0 saturated heterocycles. The molecule has 0 aliphatic rings. The van der Waals surface area contributed by atoms with Gasteiger partial charge in [-0.05, 0) is 25.1 Å². The maximum Gasteiger partial charge on any atom is 0.210 e. The van der Waals surface area contributed by atoms with E-state index in [1.54, 1.807) is 7.11 Å². The van der Waals surface area contributed by atoms with Crippen LogP contribution in [0.3, 0.4) is 0 Å². The van der Waals surface area contributed by atoms with Crippen LogP contribution in [0, 0.1) is 6.92 Å². The van der Waals surface area contributed by atoms with E-state index in [4.69, 9.17) is 4.74 Å². The molecule has 0 amide bonds. The number of hydrogen-bond acceptors (Lipinski definition) is 7. The lowest BCUT2D eigenvalue weighted by Crippen LogP contribution is -2.03. The molecule has 2 N–H and O–H groups in total. The number of aromatic nitrogens is 3. The average molecular weight is 411 g/mol. The zero-order chi connectivity index (χ0) is 19.5. The van der Waals surface area contributed by atoms with Crippen LogP contribution in [-0.4, -0.2) is 33.8 Å². The first-order valence-corrected chi connectivity index (χ1v) is 10.4. The van der Waals surface area contributed by atoms with Gasteiger partial charge in [-0.3, -0.25) is 4.79 Å². The van der Waals surface area contributed by atoms with Crippen LogP contribution in [0.4, 0.5) is 10.8 Å². The fourth-order valence-electron chi connectivity index (χ4n) is 3.02. The van der Waals surface area contributed by atoms with Gasteiger partial charge >= 0.3 is 0 Å². The molecular weight excluding hydrogens is 392 g/mol. The Morgan fingerprint density at radius 2 is 1.96 bits per heavy atom. The lowest BCUT2D eigenvalue weighted by atomic mass is 10.1. The Bertz CT molecular complexity index is 1140. The van der Waals surface area contributed by atoms with Gasteiger partial charge in [-0.25, -0.2) is 0 Å². The molecule has 0 spiro atoms. The van der Waals surface area contributed by atoms with Crippen molar-refractivity contribution in [1.82, 2.24) is 15.2 Å². The van der Waals surface area contributed by atoms with Gasteiger partial charge in [-0.1, -0.05) is 53.4 Å². The summed E-state index contributed by atoms with van der Waals surface area (Å²) in [5, 5.41) is 13.2. The monoisotopic (exact) mass is 410 g/mol. The molecule has 8 heteroatoms. The first-order chi connectivity index (χ1) is 13.7. The SMILES string of the molecule is COc1ccccc1Nc1nnc(SCC(=O)c2c(C)[nH]c3ccccc23)s1. The number of nitrogens with zero attached hydrogens (tertiary/aromatic N) is 2. The molecule has 0 aliphatic heterocycles. The fraction of sp³-hybridized carbons (Fsp3) is 0.150. The molecule has 0 aliphatic carbocycles. The van der Waals surface area contributed by atoms with Crippen LogP contribution in [0.1, 0.15) is 16.1 Å². The highest BCUT2D eigenvalue weighted by Crippen LogP contribution is 2.32. The largest absolute Gasteiger partial charge is 0.495 e. The number of nitrogens with one attached hydrogen (secondary N) is 2. The molecule has 0 atom stereocenters. The third-order valence-electron chi connectivity index (χ3n) is 4.25. The van der Waals surface area contributed by atoms with E-state index in [0.717, 1.165) is 37.9 Å². The van der Waals surface area contributed by atoms with Crippen molar-refractivity contribution in [3.05, 3.63) is 59.8 Å². The molecule has 0 bridgehead atoms. The minimum Gasteiger partial charge on any atom is -0.495 e. The molecule has 2 heterocycles. The van der Waals surface area contributed by atoms with E-state index in [0.29, 0.717) is 10.9 Å². The summed E-state index contributed by atoms with van der Waals surface area (Å²) in [5.41, 5.74) is 3.44. The van der Waals surface area contributed by atoms with Crippen LogP contribution in [0.2, 0.25) is 0 Å². The number of ether oxygens (including phenoxy) is 1. The third-order valence-corrected chi connectivity index (χ3v) is 6.23. The van der Waals surface area contributed by atoms with Crippen LogP contribution < -0.4 is 10.1 Å². The molecule has 142 valence electrons. The molecule has 0 radical (unpaired) electrons. The van der Waals surface area contributed by atoms with Crippen molar-refractivity contribution in [2.24, 2.45) is 0 Å². The maximum absolute atomic E-state index is 12.8. The first-order valence-electron chi connectivity index (χ1n) is 8.62. The number of thioether (sulfide) groups is 1. The van der Waals surface area contributed by atoms with Gasteiger partial charge in [0.25, 0.3) is 0 Å². The van der Waals surface area contributed by atoms with Gasteiger partial charge in [0.1, 0.15) is 5.75 Å². The Balaban J connectivity index is 1.44. The van der Waals surface area contributed by atoms with Crippen molar-refractivity contribution >= 4 is 50.6 Å². The van der Waals surface area contributed by atoms with Crippen LogP contribution in [0.5, 0.6) is 5.75 Å². The van der Waals surface area contributed by atoms with E-state index in [9.17, 15) is 4.79 Å². The molecule has 6 nitrogen and oxygen atoms in total. The van der Waals surface area contributed by atoms with E-state index < -0.39 is 0 Å². The van der Waals surface area contributed by atoms with Crippen molar-refractivity contribution in [1.29, 1.82) is 0 Å². The number of ketones is 1. The van der Waals surface area contributed by atoms with Crippen molar-refractivity contribution in [2.75, 3.05) is 18.2 Å². The molecule has 0 saturated carbocycles. The highest BCUT2D eigenvalue weighted by atomic mass is 32.2. The number of carbonyl (C=O) groups excluding carboxylic acids is 1. The fourth-order valence-corrected chi connectivity index (χ4v) is 4.65. The number of benzene rings is 2. The zero-order valence-corrected chi connectivity index (χ0v) is 17.0. The van der Waals surface area contributed by atoms with E-state index in [1.165, 1.54) is 23.1 Å². The Morgan fingerprint density at radius 1 is 1.18 bits per heavy atom. The van der Waals surface area contributed by atoms with E-state index in [-0.39, 0.29) is 5.78 Å². The van der Waals surface area contributed by atoms with Crippen LogP contribution >= 0.6 is 23.1 Å². The van der Waals surface area contributed by atoms with Crippen molar-refractivity contribution in [3.8, 4) is 5.75 Å². The van der Waals surface area contributed by atoms with Gasteiger partial charge in [0.15, 0.2) is 10.1 Å². The van der Waals surface area contributed by atoms with Crippen LogP contribution in [0.25, 0.3) is 10.9 Å². The summed E-state index contributed by atoms with van der Waals surface area (Å²) >= 11 is 2.80. The summed E-state index contributed by atoms with van der Waals surface area (Å²) in [7, 11) is 1.63. The lowest BCUT2D eigenvalue weighted by Gasteiger charge is -2.07. The summed E-state index contributed by atoms with van der Waals surface area (Å²) in [6.07, 6.45) is 0. The van der Waals surface area contributed by atoms with Gasteiger partial charge < -0.3 is 15.0 Å². The van der Waals surface area contributed by atoms with Gasteiger partial charge in [-0.2, -0.15) is 0 Å². The number of aryl methyl sites for hydroxylation is 1. The van der Waals surface area contributed by atoms with Crippen molar-refractivity contribution in [2.45, 2.75) is 11.3 Å². The quantitative estimate of drug-likeness (QED) is 0.328. The average Bonchev–Trinajstić information content (AvgIpc) is 3.29. The Labute approximate surface area is 170 Å². The van der Waals surface area contributed by atoms with Crippen LogP contribution in [-0.2, 0) is 0 Å². The van der Waals surface area contributed by atoms with E-state index >= 15 is 0 Å². The molecule has 0 fully saturated rings. The predicted molar refractivity (Wildman–Crippen MR) is 114 cm³/mol. The second kappa shape index (κ2) is 8.04. The first kappa shape index (κ1) is 18.5. The molecule has 4 aromatic rings. The number of rotatable bonds is 7. The van der Waals surface area contributed by atoms with E-state index in [2.05, 4.69) is 20.5 Å². The standard InChI is InChI=1S/C20H18N4O2S2/c1-12-18(13-7-3-4-8-14(13)21-12)16(25)11-27-20-24-23-19(28-20)22-15-9-5-6-10-17(15)26-2/h3-10,21H,11H2,1-2H3,(H,22,23). The Hall–Kier alpha value is -2.84. The molecule has 0 unspecified atom stereocenters. The second-order valence-electron chi connectivity index (χ2n) is 6.08. The number of carbonyl (C=O) groups is 1. The number of H-pyrrole nitrogens is 1. The number of anilines is 2. The number of Topliss-reactive ketones (excluding diaryl/α,β-unsaturated/α-hetero) is 1. The number of para-hydroxylation sites is 3. The number of hydrogen-bond donors (Lipinski definition) is 2. The Morgan fingerprint density at radius 3 is 2.82 bits per heavy atom. The van der Waals surface area contributed by atoms with Gasteiger partial charge in [0.05, 0.1) is 18.6 Å². The number of aromatic amines is 1. The number of fused-ring (bicyclic) bond motifs is 1. The summed E-state index contributed by atoms with van der Waals surface area (Å²) < 4.78 is 6.07. The van der Waals surface area contributed by atoms with E-state index in [1.807, 2.05) is 55.5 Å². The summed E-state index contributed by atoms with van der Waals surface area (Å²) in [5.74, 6) is 1.12. The summed E-state index contributed by atoms with van der Waals surface area (Å²) in [4.78, 5) is 16.0. The normalized spacial score (nSPS) is 10.9. The third kappa shape index (κ3) is 3.74. The molecule has 28 heavy (non-hydrogen) atoms. The van der Waals surface area contributed by atoms with Gasteiger partial charge in [0, 0.05) is 22.2 Å². The number of methoxy groups -OCH3 is 1. The van der Waals surface area contributed by atoms with Gasteiger partial charge in [-0.15, -0.1) is 10.2 Å². The van der Waals surface area contributed by atoms with Gasteiger partial charge in [0.2, 0.25) is 5.13 Å².